The number of ether oxygens (including phenoxy) is 1. The van der Waals surface area contributed by atoms with Crippen LogP contribution < -0.4 is 5.32 Å². The summed E-state index contributed by atoms with van der Waals surface area (Å²) in [5, 5.41) is 11.5. The second kappa shape index (κ2) is 10.5. The molecule has 0 saturated carbocycles. The molecule has 8 heteroatoms. The Morgan fingerprint density at radius 1 is 1.10 bits per heavy atom. The molecule has 1 aliphatic heterocycles. The number of anilines is 1. The van der Waals surface area contributed by atoms with Crippen LogP contribution in [0.5, 0.6) is 0 Å². The third-order valence-corrected chi connectivity index (χ3v) is 7.07. The number of hydrogen-bond acceptors (Lipinski definition) is 7. The van der Waals surface area contributed by atoms with E-state index in [1.54, 1.807) is 23.5 Å². The van der Waals surface area contributed by atoms with Crippen LogP contribution in [0.4, 0.5) is 5.13 Å². The molecular weight excluding hydrogens is 434 g/mol. The molecule has 0 spiro atoms. The van der Waals surface area contributed by atoms with Crippen molar-refractivity contribution < 1.29 is 9.53 Å². The Morgan fingerprint density at radius 3 is 2.67 bits per heavy atom. The Balaban J connectivity index is 1.37. The number of benzene rings is 2. The number of carbonyl (C=O) groups is 1. The summed E-state index contributed by atoms with van der Waals surface area (Å²) in [4.78, 5) is 13.6. The molecule has 4 rings (SSSR count). The summed E-state index contributed by atoms with van der Waals surface area (Å²) >= 11 is 4.57. The van der Waals surface area contributed by atoms with Crippen molar-refractivity contribution >= 4 is 56.9 Å². The van der Waals surface area contributed by atoms with E-state index in [0.717, 1.165) is 31.9 Å². The van der Waals surface area contributed by atoms with Crippen LogP contribution in [-0.2, 0) is 9.53 Å². The molecule has 0 radical (unpaired) electrons. The summed E-state index contributed by atoms with van der Waals surface area (Å²) in [7, 11) is 0. The molecule has 0 unspecified atom stereocenters. The molecule has 0 aliphatic carbocycles. The van der Waals surface area contributed by atoms with Gasteiger partial charge >= 0.3 is 0 Å². The Morgan fingerprint density at radius 2 is 1.87 bits per heavy atom. The molecule has 0 saturated heterocycles. The Kier molecular flexibility index (Phi) is 7.23. The van der Waals surface area contributed by atoms with Crippen molar-refractivity contribution in [2.45, 2.75) is 4.34 Å². The molecule has 1 N–H and O–H groups in total. The minimum atomic E-state index is -0.294. The smallest absolute Gasteiger partial charge is 0.293 e. The van der Waals surface area contributed by atoms with E-state index >= 15 is 0 Å². The molecule has 152 valence electrons. The molecule has 2 aromatic carbocycles. The molecule has 1 aromatic heterocycles. The normalized spacial score (nSPS) is 14.0. The highest BCUT2D eigenvalue weighted by molar-refractivity contribution is 8.08. The summed E-state index contributed by atoms with van der Waals surface area (Å²) in [6, 6.07) is 20.0. The topological polar surface area (TPSA) is 64.1 Å². The number of amides is 1. The Hall–Kier alpha value is -2.55. The molecule has 0 atom stereocenters. The van der Waals surface area contributed by atoms with E-state index in [0.29, 0.717) is 17.5 Å². The predicted molar refractivity (Wildman–Crippen MR) is 127 cm³/mol. The molecule has 1 amide bonds. The summed E-state index contributed by atoms with van der Waals surface area (Å²) in [5.74, 6) is 1.64. The van der Waals surface area contributed by atoms with Gasteiger partial charge in [-0.25, -0.2) is 0 Å². The first-order chi connectivity index (χ1) is 14.8. The third-order valence-electron chi connectivity index (χ3n) is 4.06. The highest BCUT2D eigenvalue weighted by Crippen LogP contribution is 2.35. The van der Waals surface area contributed by atoms with Crippen LogP contribution in [0.1, 0.15) is 11.1 Å². The van der Waals surface area contributed by atoms with Crippen LogP contribution in [0, 0.1) is 0 Å². The summed E-state index contributed by atoms with van der Waals surface area (Å²) < 4.78 is 6.50. The van der Waals surface area contributed by atoms with Crippen LogP contribution in [-0.4, -0.2) is 34.2 Å². The van der Waals surface area contributed by atoms with Gasteiger partial charge in [-0.2, -0.15) is 0 Å². The van der Waals surface area contributed by atoms with Gasteiger partial charge in [0.1, 0.15) is 0 Å². The van der Waals surface area contributed by atoms with Gasteiger partial charge in [0.2, 0.25) is 5.13 Å². The van der Waals surface area contributed by atoms with Gasteiger partial charge in [-0.05, 0) is 11.1 Å². The first-order valence-corrected chi connectivity index (χ1v) is 12.1. The average Bonchev–Trinajstić information content (AvgIpc) is 3.25. The van der Waals surface area contributed by atoms with Gasteiger partial charge in [-0.3, -0.25) is 10.1 Å². The third kappa shape index (κ3) is 5.53. The number of nitrogens with zero attached hydrogens (tertiary/aromatic N) is 2. The summed E-state index contributed by atoms with van der Waals surface area (Å²) in [6.45, 7) is 0.509. The molecule has 0 fully saturated rings. The van der Waals surface area contributed by atoms with Gasteiger partial charge in [0.15, 0.2) is 10.1 Å². The van der Waals surface area contributed by atoms with Gasteiger partial charge in [-0.15, -0.1) is 22.0 Å². The first kappa shape index (κ1) is 20.7. The minimum absolute atomic E-state index is 0.294. The van der Waals surface area contributed by atoms with Crippen LogP contribution >= 0.6 is 34.9 Å². The van der Waals surface area contributed by atoms with Crippen molar-refractivity contribution in [2.24, 2.45) is 0 Å². The Labute approximate surface area is 187 Å². The van der Waals surface area contributed by atoms with Crippen molar-refractivity contribution in [1.29, 1.82) is 0 Å². The average molecular weight is 454 g/mol. The molecular formula is C22H19N3O2S3. The maximum Gasteiger partial charge on any atom is 0.293 e. The van der Waals surface area contributed by atoms with Crippen LogP contribution in [0.25, 0.3) is 11.0 Å². The fourth-order valence-corrected chi connectivity index (χ4v) is 5.27. The van der Waals surface area contributed by atoms with Crippen molar-refractivity contribution in [3.05, 3.63) is 83.6 Å². The SMILES string of the molecule is O=C(Nc1nnc(SCC=Cc2ccccc2)s1)C1=C(c2ccccc2)SCCO1. The number of thioether (sulfide) groups is 2. The van der Waals surface area contributed by atoms with Crippen molar-refractivity contribution in [3.8, 4) is 0 Å². The number of nitrogens with one attached hydrogen (secondary N) is 1. The maximum atomic E-state index is 12.8. The fraction of sp³-hybridized carbons (Fsp3) is 0.136. The molecule has 3 aromatic rings. The van der Waals surface area contributed by atoms with Crippen molar-refractivity contribution in [1.82, 2.24) is 10.2 Å². The van der Waals surface area contributed by atoms with Crippen molar-refractivity contribution in [2.75, 3.05) is 23.4 Å². The number of aromatic nitrogens is 2. The first-order valence-electron chi connectivity index (χ1n) is 9.34. The summed E-state index contributed by atoms with van der Waals surface area (Å²) in [5.41, 5.74) is 2.14. The van der Waals surface area contributed by atoms with Crippen LogP contribution in [0.3, 0.4) is 0 Å². The Bertz CT molecular complexity index is 1050. The molecule has 1 aliphatic rings. The van der Waals surface area contributed by atoms with E-state index in [1.165, 1.54) is 11.3 Å². The quantitative estimate of drug-likeness (QED) is 0.381. The zero-order chi connectivity index (χ0) is 20.6. The second-order valence-electron chi connectivity index (χ2n) is 6.17. The lowest BCUT2D eigenvalue weighted by Gasteiger charge is -2.20. The van der Waals surface area contributed by atoms with E-state index in [2.05, 4.69) is 39.8 Å². The van der Waals surface area contributed by atoms with Gasteiger partial charge in [0.25, 0.3) is 5.91 Å². The zero-order valence-corrected chi connectivity index (χ0v) is 18.4. The largest absolute Gasteiger partial charge is 0.486 e. The lowest BCUT2D eigenvalue weighted by Crippen LogP contribution is -2.21. The minimum Gasteiger partial charge on any atom is -0.486 e. The zero-order valence-electron chi connectivity index (χ0n) is 16.0. The van der Waals surface area contributed by atoms with Gasteiger partial charge in [-0.1, -0.05) is 95.9 Å². The van der Waals surface area contributed by atoms with Gasteiger partial charge in [0.05, 0.1) is 11.5 Å². The van der Waals surface area contributed by atoms with E-state index < -0.39 is 0 Å². The van der Waals surface area contributed by atoms with Gasteiger partial charge < -0.3 is 4.74 Å². The highest BCUT2D eigenvalue weighted by Gasteiger charge is 2.24. The van der Waals surface area contributed by atoms with E-state index in [4.69, 9.17) is 4.74 Å². The monoisotopic (exact) mass is 453 g/mol. The van der Waals surface area contributed by atoms with E-state index in [1.807, 2.05) is 48.5 Å². The van der Waals surface area contributed by atoms with Crippen LogP contribution in [0.15, 0.2) is 76.8 Å². The second-order valence-corrected chi connectivity index (χ2v) is 9.52. The highest BCUT2D eigenvalue weighted by atomic mass is 32.2. The molecule has 30 heavy (non-hydrogen) atoms. The van der Waals surface area contributed by atoms with E-state index in [9.17, 15) is 4.79 Å². The predicted octanol–water partition coefficient (Wildman–Crippen LogP) is 5.41. The molecule has 5 nitrogen and oxygen atoms in total. The lowest BCUT2D eigenvalue weighted by atomic mass is 10.2. The number of hydrogen-bond donors (Lipinski definition) is 1. The standard InChI is InChI=1S/C22H19N3O2S3/c26-20(18-19(28-15-13-27-18)17-11-5-2-6-12-17)23-21-24-25-22(30-21)29-14-7-10-16-8-3-1-4-9-16/h1-12H,13-15H2,(H,23,24,26). The molecule has 0 bridgehead atoms. The van der Waals surface area contributed by atoms with E-state index in [-0.39, 0.29) is 5.91 Å². The van der Waals surface area contributed by atoms with Crippen molar-refractivity contribution in [3.63, 3.8) is 0 Å². The van der Waals surface area contributed by atoms with Gasteiger partial charge in [0, 0.05) is 11.5 Å². The molecule has 2 heterocycles. The number of rotatable bonds is 7. The maximum absolute atomic E-state index is 12.8. The fourth-order valence-electron chi connectivity index (χ4n) is 2.73. The lowest BCUT2D eigenvalue weighted by molar-refractivity contribution is -0.115. The van der Waals surface area contributed by atoms with Crippen LogP contribution in [0.2, 0.25) is 0 Å². The number of carbonyl (C=O) groups excluding carboxylic acids is 1. The summed E-state index contributed by atoms with van der Waals surface area (Å²) in [6.07, 6.45) is 4.16.